The first-order valence-electron chi connectivity index (χ1n) is 11.1. The Kier molecular flexibility index (Phi) is 6.46. The van der Waals surface area contributed by atoms with Gasteiger partial charge in [0, 0.05) is 0 Å². The van der Waals surface area contributed by atoms with Crippen LogP contribution < -0.4 is 10.1 Å². The van der Waals surface area contributed by atoms with E-state index in [1.807, 2.05) is 32.0 Å². The molecule has 1 aromatic rings. The zero-order chi connectivity index (χ0) is 22.1. The van der Waals surface area contributed by atoms with Crippen molar-refractivity contribution in [3.63, 3.8) is 0 Å². The van der Waals surface area contributed by atoms with E-state index in [1.54, 1.807) is 0 Å². The number of imide groups is 1. The third kappa shape index (κ3) is 4.48. The lowest BCUT2D eigenvalue weighted by molar-refractivity contribution is -0.134. The van der Waals surface area contributed by atoms with Gasteiger partial charge in [0.2, 0.25) is 0 Å². The summed E-state index contributed by atoms with van der Waals surface area (Å²) >= 11 is 0. The number of carbonyl (C=O) groups excluding carboxylic acids is 2. The summed E-state index contributed by atoms with van der Waals surface area (Å²) in [5.41, 5.74) is 1.50. The molecule has 1 aromatic carbocycles. The van der Waals surface area contributed by atoms with Crippen molar-refractivity contribution >= 4 is 11.9 Å². The van der Waals surface area contributed by atoms with Crippen molar-refractivity contribution in [3.8, 4) is 5.75 Å². The molecule has 3 amide bonds. The summed E-state index contributed by atoms with van der Waals surface area (Å²) < 4.78 is 5.74. The lowest BCUT2D eigenvalue weighted by Crippen LogP contribution is -2.51. The Balaban J connectivity index is 1.58. The molecular formula is C24H36N2O4. The van der Waals surface area contributed by atoms with Crippen LogP contribution in [-0.4, -0.2) is 46.7 Å². The number of carbonyl (C=O) groups is 2. The monoisotopic (exact) mass is 416 g/mol. The van der Waals surface area contributed by atoms with Crippen LogP contribution in [0.4, 0.5) is 4.79 Å². The maximum Gasteiger partial charge on any atom is 0.325 e. The number of aryl methyl sites for hydroxylation is 2. The van der Waals surface area contributed by atoms with Gasteiger partial charge in [-0.2, -0.15) is 0 Å². The summed E-state index contributed by atoms with van der Waals surface area (Å²) in [4.78, 5) is 26.8. The highest BCUT2D eigenvalue weighted by Crippen LogP contribution is 2.45. The van der Waals surface area contributed by atoms with Crippen molar-refractivity contribution in [1.29, 1.82) is 0 Å². The molecular weight excluding hydrogens is 380 g/mol. The number of nitrogens with one attached hydrogen (secondary N) is 1. The van der Waals surface area contributed by atoms with Crippen LogP contribution >= 0.6 is 0 Å². The summed E-state index contributed by atoms with van der Waals surface area (Å²) in [6.07, 6.45) is 3.35. The number of benzene rings is 1. The normalized spacial score (nSPS) is 25.5. The second-order valence-electron chi connectivity index (χ2n) is 9.78. The Morgan fingerprint density at radius 1 is 1.27 bits per heavy atom. The lowest BCUT2D eigenvalue weighted by Gasteiger charge is -2.42. The van der Waals surface area contributed by atoms with Gasteiger partial charge in [-0.25, -0.2) is 4.79 Å². The fourth-order valence-corrected chi connectivity index (χ4v) is 4.67. The molecule has 2 aliphatic rings. The summed E-state index contributed by atoms with van der Waals surface area (Å²) in [6.45, 7) is 10.7. The maximum atomic E-state index is 13.1. The second-order valence-corrected chi connectivity index (χ2v) is 9.78. The van der Waals surface area contributed by atoms with Crippen LogP contribution in [-0.2, 0) is 4.79 Å². The van der Waals surface area contributed by atoms with Gasteiger partial charge in [0.1, 0.15) is 24.0 Å². The molecule has 1 aliphatic heterocycles. The maximum absolute atomic E-state index is 13.1. The predicted molar refractivity (Wildman–Crippen MR) is 116 cm³/mol. The molecule has 0 radical (unpaired) electrons. The molecule has 2 fully saturated rings. The summed E-state index contributed by atoms with van der Waals surface area (Å²) in [5.74, 6) is 1.06. The summed E-state index contributed by atoms with van der Waals surface area (Å²) in [6, 6.07) is 5.48. The third-order valence-corrected chi connectivity index (χ3v) is 7.27. The smallest absolute Gasteiger partial charge is 0.325 e. The van der Waals surface area contributed by atoms with E-state index in [1.165, 1.54) is 4.90 Å². The van der Waals surface area contributed by atoms with Gasteiger partial charge < -0.3 is 15.2 Å². The first-order valence-corrected chi connectivity index (χ1v) is 11.1. The van der Waals surface area contributed by atoms with Gasteiger partial charge >= 0.3 is 6.03 Å². The average Bonchev–Trinajstić information content (AvgIpc) is 2.93. The fraction of sp³-hybridized carbons (Fsp3) is 0.667. The Morgan fingerprint density at radius 2 is 1.93 bits per heavy atom. The number of aliphatic hydroxyl groups excluding tert-OH is 1. The molecule has 3 rings (SSSR count). The van der Waals surface area contributed by atoms with Crippen LogP contribution in [0.5, 0.6) is 5.75 Å². The van der Waals surface area contributed by atoms with Crippen molar-refractivity contribution in [2.75, 3.05) is 13.2 Å². The highest BCUT2D eigenvalue weighted by Gasteiger charge is 2.53. The number of hydrogen-bond donors (Lipinski definition) is 2. The summed E-state index contributed by atoms with van der Waals surface area (Å²) in [5, 5.41) is 13.4. The van der Waals surface area contributed by atoms with Crippen molar-refractivity contribution < 1.29 is 19.4 Å². The van der Waals surface area contributed by atoms with Crippen LogP contribution in [0.1, 0.15) is 64.0 Å². The number of hydrogen-bond acceptors (Lipinski definition) is 4. The molecule has 1 heterocycles. The summed E-state index contributed by atoms with van der Waals surface area (Å²) in [7, 11) is 0. The van der Waals surface area contributed by atoms with Crippen LogP contribution in [0.2, 0.25) is 0 Å². The molecule has 1 saturated heterocycles. The van der Waals surface area contributed by atoms with E-state index in [-0.39, 0.29) is 24.5 Å². The Hall–Kier alpha value is -2.08. The number of ether oxygens (including phenoxy) is 1. The average molecular weight is 417 g/mol. The molecule has 1 spiro atoms. The van der Waals surface area contributed by atoms with E-state index in [0.29, 0.717) is 24.5 Å². The SMILES string of the molecule is CCC(C)(C)C1CCC2(CC1)NC(=O)N(CC(O)COc1cc(C)ccc1C)C2=O. The Morgan fingerprint density at radius 3 is 2.57 bits per heavy atom. The van der Waals surface area contributed by atoms with Gasteiger partial charge in [-0.1, -0.05) is 39.3 Å². The fourth-order valence-electron chi connectivity index (χ4n) is 4.67. The lowest BCUT2D eigenvalue weighted by atomic mass is 9.65. The number of nitrogens with zero attached hydrogens (tertiary/aromatic N) is 1. The van der Waals surface area contributed by atoms with E-state index in [2.05, 4.69) is 26.1 Å². The quantitative estimate of drug-likeness (QED) is 0.660. The first kappa shape index (κ1) is 22.6. The molecule has 166 valence electrons. The number of urea groups is 1. The largest absolute Gasteiger partial charge is 0.491 e. The molecule has 6 nitrogen and oxygen atoms in total. The minimum Gasteiger partial charge on any atom is -0.491 e. The molecule has 1 unspecified atom stereocenters. The zero-order valence-corrected chi connectivity index (χ0v) is 19.0. The molecule has 0 aromatic heterocycles. The van der Waals surface area contributed by atoms with E-state index < -0.39 is 17.7 Å². The number of β-amino-alcohol motifs (C(OH)–C–C–N with tert-alkyl or cyclic N) is 1. The first-order chi connectivity index (χ1) is 14.1. The minimum absolute atomic E-state index is 0.0289. The molecule has 6 heteroatoms. The van der Waals surface area contributed by atoms with Gasteiger partial charge in [0.25, 0.3) is 5.91 Å². The number of aliphatic hydroxyl groups is 1. The topological polar surface area (TPSA) is 78.9 Å². The van der Waals surface area contributed by atoms with Crippen LogP contribution in [0.25, 0.3) is 0 Å². The van der Waals surface area contributed by atoms with Crippen molar-refractivity contribution in [1.82, 2.24) is 10.2 Å². The van der Waals surface area contributed by atoms with Gasteiger partial charge in [-0.05, 0) is 68.1 Å². The van der Waals surface area contributed by atoms with Crippen molar-refractivity contribution in [2.45, 2.75) is 78.4 Å². The second kappa shape index (κ2) is 8.58. The van der Waals surface area contributed by atoms with E-state index in [4.69, 9.17) is 4.74 Å². The molecule has 1 aliphatic carbocycles. The molecule has 0 bridgehead atoms. The Labute approximate surface area is 180 Å². The molecule has 30 heavy (non-hydrogen) atoms. The highest BCUT2D eigenvalue weighted by atomic mass is 16.5. The molecule has 1 saturated carbocycles. The van der Waals surface area contributed by atoms with Gasteiger partial charge in [0.15, 0.2) is 0 Å². The minimum atomic E-state index is -0.940. The van der Waals surface area contributed by atoms with E-state index in [9.17, 15) is 14.7 Å². The van der Waals surface area contributed by atoms with E-state index >= 15 is 0 Å². The number of amides is 3. The van der Waals surface area contributed by atoms with Gasteiger partial charge in [0.05, 0.1) is 6.54 Å². The number of rotatable bonds is 7. The van der Waals surface area contributed by atoms with Crippen LogP contribution in [0.3, 0.4) is 0 Å². The van der Waals surface area contributed by atoms with Crippen molar-refractivity contribution in [3.05, 3.63) is 29.3 Å². The molecule has 1 atom stereocenters. The van der Waals surface area contributed by atoms with Gasteiger partial charge in [-0.3, -0.25) is 9.69 Å². The highest BCUT2D eigenvalue weighted by molar-refractivity contribution is 6.07. The zero-order valence-electron chi connectivity index (χ0n) is 19.0. The Bertz CT molecular complexity index is 796. The van der Waals surface area contributed by atoms with Crippen molar-refractivity contribution in [2.24, 2.45) is 11.3 Å². The van der Waals surface area contributed by atoms with Crippen LogP contribution in [0, 0.1) is 25.2 Å². The third-order valence-electron chi connectivity index (χ3n) is 7.27. The standard InChI is InChI=1S/C24H36N2O4/c1-6-23(4,5)18-9-11-24(12-10-18)21(28)26(22(29)25-24)14-19(27)15-30-20-13-16(2)7-8-17(20)3/h7-8,13,18-19,27H,6,9-12,14-15H2,1-5H3,(H,25,29). The molecule has 2 N–H and O–H groups in total. The van der Waals surface area contributed by atoms with Crippen LogP contribution in [0.15, 0.2) is 18.2 Å². The predicted octanol–water partition coefficient (Wildman–Crippen LogP) is 3.96. The van der Waals surface area contributed by atoms with Gasteiger partial charge in [-0.15, -0.1) is 0 Å². The van der Waals surface area contributed by atoms with E-state index in [0.717, 1.165) is 30.4 Å².